The Morgan fingerprint density at radius 1 is 1.03 bits per heavy atom. The van der Waals surface area contributed by atoms with Crippen LogP contribution >= 0.6 is 11.8 Å². The van der Waals surface area contributed by atoms with Crippen molar-refractivity contribution in [1.29, 1.82) is 0 Å². The first kappa shape index (κ1) is 19.5. The minimum Gasteiger partial charge on any atom is -0.358 e. The van der Waals surface area contributed by atoms with Gasteiger partial charge in [0.05, 0.1) is 16.2 Å². The summed E-state index contributed by atoms with van der Waals surface area (Å²) >= 11 is 1.34. The van der Waals surface area contributed by atoms with Gasteiger partial charge in [-0.2, -0.15) is 0 Å². The molecule has 0 fully saturated rings. The summed E-state index contributed by atoms with van der Waals surface area (Å²) in [6, 6.07) is 15.1. The van der Waals surface area contributed by atoms with Crippen LogP contribution in [0.1, 0.15) is 42.9 Å². The summed E-state index contributed by atoms with van der Waals surface area (Å²) in [5, 5.41) is 1.71. The second-order valence-electron chi connectivity index (χ2n) is 7.48. The Labute approximate surface area is 173 Å². The number of carbonyl (C=O) groups excluding carboxylic acids is 1. The number of thioether (sulfide) groups is 1. The maximum absolute atomic E-state index is 13.3. The third kappa shape index (κ3) is 3.38. The fourth-order valence-corrected chi connectivity index (χ4v) is 4.77. The van der Waals surface area contributed by atoms with Gasteiger partial charge in [-0.15, -0.1) is 0 Å². The minimum atomic E-state index is -0.383. The standard InChI is InChI=1S/C23H23N3O2S/c1-13(2)26-22(28)17-10-6-8-12-19(17)25-23(26)29-15(4)21(27)20-14(3)24-18-11-7-5-9-16(18)20/h5-13,15,24H,1-4H3/t15-/m1/s1. The quantitative estimate of drug-likeness (QED) is 0.284. The number of aromatic nitrogens is 3. The molecule has 0 spiro atoms. The number of ketones is 1. The van der Waals surface area contributed by atoms with Gasteiger partial charge < -0.3 is 4.98 Å². The van der Waals surface area contributed by atoms with E-state index in [-0.39, 0.29) is 22.6 Å². The third-order valence-corrected chi connectivity index (χ3v) is 6.15. The van der Waals surface area contributed by atoms with E-state index in [1.807, 2.05) is 70.2 Å². The maximum atomic E-state index is 13.3. The van der Waals surface area contributed by atoms with Gasteiger partial charge in [0.15, 0.2) is 10.9 Å². The Bertz CT molecular complexity index is 1290. The van der Waals surface area contributed by atoms with Crippen LogP contribution in [-0.4, -0.2) is 25.6 Å². The number of aryl methyl sites for hydroxylation is 1. The van der Waals surface area contributed by atoms with Crippen LogP contribution in [0.3, 0.4) is 0 Å². The molecule has 0 aliphatic carbocycles. The van der Waals surface area contributed by atoms with Crippen molar-refractivity contribution in [2.24, 2.45) is 0 Å². The average Bonchev–Trinajstić information content (AvgIpc) is 3.02. The molecule has 4 aromatic rings. The molecule has 6 heteroatoms. The number of Topliss-reactive ketones (excluding diaryl/α,β-unsaturated/α-hetero) is 1. The first-order valence-corrected chi connectivity index (χ1v) is 10.6. The zero-order valence-corrected chi connectivity index (χ0v) is 17.7. The molecule has 0 radical (unpaired) electrons. The molecule has 1 atom stereocenters. The fraction of sp³-hybridized carbons (Fsp3) is 0.261. The van der Waals surface area contributed by atoms with E-state index >= 15 is 0 Å². The summed E-state index contributed by atoms with van der Waals surface area (Å²) < 4.78 is 1.68. The second kappa shape index (κ2) is 7.52. The van der Waals surface area contributed by atoms with Crippen LogP contribution in [0.2, 0.25) is 0 Å². The monoisotopic (exact) mass is 405 g/mol. The van der Waals surface area contributed by atoms with E-state index in [2.05, 4.69) is 4.98 Å². The lowest BCUT2D eigenvalue weighted by Crippen LogP contribution is -2.26. The van der Waals surface area contributed by atoms with Gasteiger partial charge in [-0.25, -0.2) is 4.98 Å². The molecule has 0 saturated heterocycles. The number of hydrogen-bond donors (Lipinski definition) is 1. The highest BCUT2D eigenvalue weighted by Crippen LogP contribution is 2.30. The zero-order valence-electron chi connectivity index (χ0n) is 16.9. The molecule has 0 saturated carbocycles. The molecule has 0 unspecified atom stereocenters. The van der Waals surface area contributed by atoms with Crippen molar-refractivity contribution in [3.8, 4) is 0 Å². The summed E-state index contributed by atoms with van der Waals surface area (Å²) in [6.45, 7) is 7.71. The van der Waals surface area contributed by atoms with E-state index in [1.54, 1.807) is 10.6 Å². The Morgan fingerprint density at radius 3 is 2.41 bits per heavy atom. The zero-order chi connectivity index (χ0) is 20.7. The Balaban J connectivity index is 1.76. The number of para-hydroxylation sites is 2. The van der Waals surface area contributed by atoms with Crippen LogP contribution < -0.4 is 5.56 Å². The van der Waals surface area contributed by atoms with Gasteiger partial charge >= 0.3 is 0 Å². The molecule has 0 bridgehead atoms. The summed E-state index contributed by atoms with van der Waals surface area (Å²) in [7, 11) is 0. The number of benzene rings is 2. The SMILES string of the molecule is Cc1[nH]c2ccccc2c1C(=O)[C@@H](C)Sc1nc2ccccc2c(=O)n1C(C)C. The van der Waals surface area contributed by atoms with Crippen molar-refractivity contribution in [2.75, 3.05) is 0 Å². The number of hydrogen-bond acceptors (Lipinski definition) is 4. The molecule has 148 valence electrons. The summed E-state index contributed by atoms with van der Waals surface area (Å²) in [4.78, 5) is 34.3. The van der Waals surface area contributed by atoms with Gasteiger partial charge in [-0.05, 0) is 45.9 Å². The van der Waals surface area contributed by atoms with Gasteiger partial charge in [0.25, 0.3) is 5.56 Å². The minimum absolute atomic E-state index is 0.0302. The van der Waals surface area contributed by atoms with Crippen LogP contribution in [-0.2, 0) is 0 Å². The molecule has 0 aliphatic rings. The molecule has 0 aliphatic heterocycles. The van der Waals surface area contributed by atoms with E-state index < -0.39 is 0 Å². The Kier molecular flexibility index (Phi) is 5.04. The van der Waals surface area contributed by atoms with E-state index in [9.17, 15) is 9.59 Å². The lowest BCUT2D eigenvalue weighted by atomic mass is 10.1. The predicted molar refractivity (Wildman–Crippen MR) is 119 cm³/mol. The molecular formula is C23H23N3O2S. The fourth-order valence-electron chi connectivity index (χ4n) is 3.67. The van der Waals surface area contributed by atoms with E-state index in [0.717, 1.165) is 16.6 Å². The summed E-state index contributed by atoms with van der Waals surface area (Å²) in [6.07, 6.45) is 0. The molecule has 2 aromatic heterocycles. The number of rotatable bonds is 5. The van der Waals surface area contributed by atoms with E-state index in [0.29, 0.717) is 21.6 Å². The van der Waals surface area contributed by atoms with Crippen LogP contribution in [0.15, 0.2) is 58.5 Å². The topological polar surface area (TPSA) is 67.8 Å². The van der Waals surface area contributed by atoms with Crippen molar-refractivity contribution in [3.63, 3.8) is 0 Å². The largest absolute Gasteiger partial charge is 0.358 e. The smallest absolute Gasteiger partial charge is 0.262 e. The van der Waals surface area contributed by atoms with Gasteiger partial charge in [0.1, 0.15) is 0 Å². The number of H-pyrrole nitrogens is 1. The molecule has 5 nitrogen and oxygen atoms in total. The van der Waals surface area contributed by atoms with Gasteiger partial charge in [-0.1, -0.05) is 42.1 Å². The van der Waals surface area contributed by atoms with Crippen molar-refractivity contribution < 1.29 is 4.79 Å². The maximum Gasteiger partial charge on any atom is 0.262 e. The van der Waals surface area contributed by atoms with Crippen LogP contribution in [0.5, 0.6) is 0 Å². The van der Waals surface area contributed by atoms with Gasteiger partial charge in [0.2, 0.25) is 0 Å². The summed E-state index contributed by atoms with van der Waals surface area (Å²) in [5.74, 6) is 0.0302. The number of nitrogens with zero attached hydrogens (tertiary/aromatic N) is 2. The molecule has 0 amide bonds. The Morgan fingerprint density at radius 2 is 1.69 bits per heavy atom. The number of aromatic amines is 1. The molecular weight excluding hydrogens is 382 g/mol. The van der Waals surface area contributed by atoms with Crippen molar-refractivity contribution >= 4 is 39.4 Å². The van der Waals surface area contributed by atoms with Crippen LogP contribution in [0.4, 0.5) is 0 Å². The van der Waals surface area contributed by atoms with Gasteiger partial charge in [0, 0.05) is 28.2 Å². The van der Waals surface area contributed by atoms with Crippen molar-refractivity contribution in [2.45, 2.75) is 44.1 Å². The molecule has 1 N–H and O–H groups in total. The lowest BCUT2D eigenvalue weighted by molar-refractivity contribution is 0.0995. The van der Waals surface area contributed by atoms with Crippen LogP contribution in [0.25, 0.3) is 21.8 Å². The third-order valence-electron chi connectivity index (χ3n) is 5.08. The normalized spacial score (nSPS) is 12.7. The summed E-state index contributed by atoms with van der Waals surface area (Å²) in [5.41, 5.74) is 3.10. The first-order valence-electron chi connectivity index (χ1n) is 9.68. The highest BCUT2D eigenvalue weighted by atomic mass is 32.2. The average molecular weight is 406 g/mol. The van der Waals surface area contributed by atoms with Crippen LogP contribution in [0, 0.1) is 6.92 Å². The van der Waals surface area contributed by atoms with E-state index in [4.69, 9.17) is 4.98 Å². The molecule has 2 aromatic carbocycles. The number of fused-ring (bicyclic) bond motifs is 2. The van der Waals surface area contributed by atoms with E-state index in [1.165, 1.54) is 11.8 Å². The van der Waals surface area contributed by atoms with Crippen molar-refractivity contribution in [3.05, 3.63) is 70.1 Å². The molecule has 29 heavy (non-hydrogen) atoms. The molecule has 2 heterocycles. The van der Waals surface area contributed by atoms with Crippen molar-refractivity contribution in [1.82, 2.24) is 14.5 Å². The number of carbonyl (C=O) groups is 1. The highest BCUT2D eigenvalue weighted by Gasteiger charge is 2.25. The highest BCUT2D eigenvalue weighted by molar-refractivity contribution is 8.00. The molecule has 4 rings (SSSR count). The van der Waals surface area contributed by atoms with Gasteiger partial charge in [-0.3, -0.25) is 14.2 Å². The second-order valence-corrected chi connectivity index (χ2v) is 8.78. The first-order chi connectivity index (χ1) is 13.9. The number of nitrogens with one attached hydrogen (secondary N) is 1. The lowest BCUT2D eigenvalue weighted by Gasteiger charge is -2.18. The Hall–Kier alpha value is -2.86. The predicted octanol–water partition coefficient (Wildman–Crippen LogP) is 5.13.